The van der Waals surface area contributed by atoms with Crippen molar-refractivity contribution in [2.75, 3.05) is 39.6 Å². The predicted molar refractivity (Wildman–Crippen MR) is 136 cm³/mol. The maximum absolute atomic E-state index is 14.9. The molecule has 0 unspecified atom stereocenters. The van der Waals surface area contributed by atoms with Crippen molar-refractivity contribution < 1.29 is 41.0 Å². The minimum Gasteiger partial charge on any atom is -0.493 e. The molecule has 4 rings (SSSR count). The Morgan fingerprint density at radius 3 is 2.46 bits per heavy atom. The third-order valence-corrected chi connectivity index (χ3v) is 6.32. The molecule has 1 atom stereocenters. The Kier molecular flexibility index (Phi) is 8.04. The zero-order chi connectivity index (χ0) is 30.1. The summed E-state index contributed by atoms with van der Waals surface area (Å²) >= 11 is 0. The van der Waals surface area contributed by atoms with Gasteiger partial charge in [-0.1, -0.05) is 12.5 Å². The van der Waals surface area contributed by atoms with Crippen molar-refractivity contribution in [2.45, 2.75) is 18.6 Å². The number of halogens is 5. The van der Waals surface area contributed by atoms with Crippen LogP contribution in [0.25, 0.3) is 10.9 Å². The monoisotopic (exact) mass is 578 g/mol. The molecule has 216 valence electrons. The Morgan fingerprint density at radius 1 is 1.22 bits per heavy atom. The van der Waals surface area contributed by atoms with E-state index in [1.54, 1.807) is 5.32 Å². The number of alkyl halides is 3. The summed E-state index contributed by atoms with van der Waals surface area (Å²) in [4.78, 5) is 30.4. The van der Waals surface area contributed by atoms with Crippen LogP contribution in [0.15, 0.2) is 24.9 Å². The smallest absolute Gasteiger partial charge is 0.405 e. The van der Waals surface area contributed by atoms with Gasteiger partial charge in [-0.25, -0.2) is 13.8 Å². The Balaban J connectivity index is 1.91. The van der Waals surface area contributed by atoms with Gasteiger partial charge < -0.3 is 25.4 Å². The lowest BCUT2D eigenvalue weighted by Gasteiger charge is -2.16. The first kappa shape index (κ1) is 29.1. The lowest BCUT2D eigenvalue weighted by molar-refractivity contribution is -0.125. The van der Waals surface area contributed by atoms with Gasteiger partial charge in [0.25, 0.3) is 5.91 Å². The number of carbonyl (C=O) groups is 2. The molecule has 1 fully saturated rings. The second-order valence-electron chi connectivity index (χ2n) is 8.84. The number of rotatable bonds is 6. The van der Waals surface area contributed by atoms with E-state index in [9.17, 15) is 31.5 Å². The highest BCUT2D eigenvalue weighted by Gasteiger charge is 2.33. The summed E-state index contributed by atoms with van der Waals surface area (Å²) in [5.41, 5.74) is 4.91. The number of methoxy groups -OCH3 is 2. The van der Waals surface area contributed by atoms with Crippen LogP contribution in [0, 0.1) is 23.5 Å². The Bertz CT molecular complexity index is 1580. The average molecular weight is 578 g/mol. The van der Waals surface area contributed by atoms with Crippen LogP contribution in [0.2, 0.25) is 0 Å². The van der Waals surface area contributed by atoms with Gasteiger partial charge in [-0.3, -0.25) is 14.3 Å². The SMILES string of the molecule is C=CC(=O)N1CC[C@H](n2nc(C#Cc3c(F)c(OC)cc(OC)c3F)c3c(N)ncc(C(=O)NCC(F)(F)F)c32)C1. The maximum Gasteiger partial charge on any atom is 0.405 e. The van der Waals surface area contributed by atoms with Crippen LogP contribution in [0.3, 0.4) is 0 Å². The zero-order valence-electron chi connectivity index (χ0n) is 21.7. The Hall–Kier alpha value is -4.87. The first-order valence-electron chi connectivity index (χ1n) is 11.9. The van der Waals surface area contributed by atoms with Crippen molar-refractivity contribution in [1.82, 2.24) is 25.0 Å². The summed E-state index contributed by atoms with van der Waals surface area (Å²) < 4.78 is 79.5. The average Bonchev–Trinajstić information content (AvgIpc) is 3.57. The van der Waals surface area contributed by atoms with Gasteiger partial charge in [0, 0.05) is 25.4 Å². The van der Waals surface area contributed by atoms with Crippen LogP contribution >= 0.6 is 0 Å². The Morgan fingerprint density at radius 2 is 1.88 bits per heavy atom. The molecule has 0 aliphatic carbocycles. The van der Waals surface area contributed by atoms with Gasteiger partial charge in [0.15, 0.2) is 23.1 Å². The van der Waals surface area contributed by atoms with E-state index in [4.69, 9.17) is 15.2 Å². The number of likely N-dealkylation sites (tertiary alicyclic amines) is 1. The molecule has 0 radical (unpaired) electrons. The molecule has 10 nitrogen and oxygen atoms in total. The molecule has 2 amide bonds. The van der Waals surface area contributed by atoms with Crippen LogP contribution in [0.1, 0.15) is 34.1 Å². The second-order valence-corrected chi connectivity index (χ2v) is 8.84. The minimum atomic E-state index is -4.68. The number of nitrogens with one attached hydrogen (secondary N) is 1. The number of carbonyl (C=O) groups excluding carboxylic acids is 2. The fourth-order valence-corrected chi connectivity index (χ4v) is 4.38. The van der Waals surface area contributed by atoms with Crippen molar-refractivity contribution in [2.24, 2.45) is 0 Å². The van der Waals surface area contributed by atoms with Gasteiger partial charge in [0.05, 0.1) is 36.7 Å². The standard InChI is InChI=1S/C26H23F5N6O4/c1-4-19(38)36-8-7-13(11-36)37-23-15(25(39)34-12-26(29,30)31)10-33-24(32)20(23)16(35-37)6-5-14-21(27)17(40-2)9-18(41-3)22(14)28/h4,9-10,13H,1,7-8,11-12H2,2-3H3,(H2,32,33)(H,34,39)/t13-/m0/s1. The molecule has 41 heavy (non-hydrogen) atoms. The third-order valence-electron chi connectivity index (χ3n) is 6.32. The van der Waals surface area contributed by atoms with E-state index < -0.39 is 41.9 Å². The van der Waals surface area contributed by atoms with Crippen LogP contribution < -0.4 is 20.5 Å². The number of anilines is 1. The third kappa shape index (κ3) is 5.72. The van der Waals surface area contributed by atoms with Crippen LogP contribution in [0.4, 0.5) is 27.8 Å². The van der Waals surface area contributed by atoms with Crippen molar-refractivity contribution in [3.8, 4) is 23.3 Å². The van der Waals surface area contributed by atoms with Gasteiger partial charge in [-0.2, -0.15) is 18.3 Å². The molecule has 3 N–H and O–H groups in total. The molecule has 3 heterocycles. The quantitative estimate of drug-likeness (QED) is 0.262. The molecule has 0 spiro atoms. The van der Waals surface area contributed by atoms with E-state index in [0.29, 0.717) is 13.0 Å². The normalized spacial score (nSPS) is 14.9. The zero-order valence-corrected chi connectivity index (χ0v) is 21.7. The summed E-state index contributed by atoms with van der Waals surface area (Å²) in [6.45, 7) is 2.27. The Labute approximate surface area is 229 Å². The second kappa shape index (κ2) is 11.3. The number of hydrogen-bond acceptors (Lipinski definition) is 7. The van der Waals surface area contributed by atoms with E-state index in [1.165, 1.54) is 23.8 Å². The fourth-order valence-electron chi connectivity index (χ4n) is 4.38. The van der Waals surface area contributed by atoms with E-state index in [1.807, 2.05) is 0 Å². The maximum atomic E-state index is 14.9. The number of nitrogens with two attached hydrogens (primary N) is 1. The minimum absolute atomic E-state index is 0.0106. The highest BCUT2D eigenvalue weighted by atomic mass is 19.4. The molecule has 1 saturated heterocycles. The van der Waals surface area contributed by atoms with Crippen molar-refractivity contribution >= 4 is 28.5 Å². The van der Waals surface area contributed by atoms with Crippen LogP contribution in [-0.4, -0.2) is 71.5 Å². The molecule has 3 aromatic rings. The summed E-state index contributed by atoms with van der Waals surface area (Å²) in [7, 11) is 2.34. The first-order valence-corrected chi connectivity index (χ1v) is 11.9. The van der Waals surface area contributed by atoms with E-state index >= 15 is 0 Å². The number of benzene rings is 1. The lowest BCUT2D eigenvalue weighted by atomic mass is 10.1. The number of amides is 2. The summed E-state index contributed by atoms with van der Waals surface area (Å²) in [6, 6.07) is 0.447. The lowest BCUT2D eigenvalue weighted by Crippen LogP contribution is -2.34. The molecular weight excluding hydrogens is 555 g/mol. The number of hydrogen-bond donors (Lipinski definition) is 2. The van der Waals surface area contributed by atoms with Gasteiger partial charge in [0.1, 0.15) is 23.6 Å². The molecule has 15 heteroatoms. The fraction of sp³-hybridized carbons (Fsp3) is 0.308. The predicted octanol–water partition coefficient (Wildman–Crippen LogP) is 2.96. The number of nitrogen functional groups attached to an aromatic ring is 1. The molecular formula is C26H23F5N6O4. The van der Waals surface area contributed by atoms with Gasteiger partial charge in [-0.05, 0) is 18.4 Å². The summed E-state index contributed by atoms with van der Waals surface area (Å²) in [5, 5.41) is 6.17. The number of nitrogens with zero attached hydrogens (tertiary/aromatic N) is 4. The van der Waals surface area contributed by atoms with E-state index in [2.05, 4.69) is 28.5 Å². The topological polar surface area (TPSA) is 125 Å². The molecule has 1 aliphatic heterocycles. The largest absolute Gasteiger partial charge is 0.493 e. The molecule has 0 saturated carbocycles. The van der Waals surface area contributed by atoms with Crippen LogP contribution in [-0.2, 0) is 4.79 Å². The highest BCUT2D eigenvalue weighted by molar-refractivity contribution is 6.09. The molecule has 2 aromatic heterocycles. The number of aromatic nitrogens is 3. The van der Waals surface area contributed by atoms with Crippen LogP contribution in [0.5, 0.6) is 11.5 Å². The van der Waals surface area contributed by atoms with Crippen molar-refractivity contribution in [3.63, 3.8) is 0 Å². The highest BCUT2D eigenvalue weighted by Crippen LogP contribution is 2.33. The molecule has 0 bridgehead atoms. The molecule has 1 aliphatic rings. The summed E-state index contributed by atoms with van der Waals surface area (Å²) in [5.74, 6) is 0.313. The van der Waals surface area contributed by atoms with Gasteiger partial charge in [-0.15, -0.1) is 0 Å². The van der Waals surface area contributed by atoms with Gasteiger partial charge >= 0.3 is 6.18 Å². The molecule has 1 aromatic carbocycles. The number of fused-ring (bicyclic) bond motifs is 1. The van der Waals surface area contributed by atoms with Crippen molar-refractivity contribution in [3.05, 3.63) is 53.4 Å². The van der Waals surface area contributed by atoms with Gasteiger partial charge in [0.2, 0.25) is 5.91 Å². The van der Waals surface area contributed by atoms with E-state index in [0.717, 1.165) is 18.3 Å². The number of ether oxygens (including phenoxy) is 2. The van der Waals surface area contributed by atoms with Crippen molar-refractivity contribution in [1.29, 1.82) is 0 Å². The summed E-state index contributed by atoms with van der Waals surface area (Å²) in [6.07, 6.45) is -2.21. The first-order chi connectivity index (χ1) is 19.4. The van der Waals surface area contributed by atoms with E-state index in [-0.39, 0.29) is 51.9 Å². The number of pyridine rings is 1.